The van der Waals surface area contributed by atoms with E-state index in [9.17, 15) is 0 Å². The number of thiophene rings is 1. The smallest absolute Gasteiger partial charge is 0.164 e. The molecule has 1 aliphatic heterocycles. The zero-order chi connectivity index (χ0) is 21.1. The summed E-state index contributed by atoms with van der Waals surface area (Å²) in [6.45, 7) is 1.96. The van der Waals surface area contributed by atoms with Gasteiger partial charge in [-0.15, -0.1) is 21.5 Å². The van der Waals surface area contributed by atoms with Gasteiger partial charge in [-0.25, -0.2) is 9.97 Å². The molecule has 0 bridgehead atoms. The summed E-state index contributed by atoms with van der Waals surface area (Å²) in [5, 5.41) is 10.1. The van der Waals surface area contributed by atoms with Gasteiger partial charge in [0, 0.05) is 47.9 Å². The first-order valence-electron chi connectivity index (χ1n) is 11.7. The van der Waals surface area contributed by atoms with Crippen molar-refractivity contribution in [2.45, 2.75) is 56.9 Å². The molecule has 1 atom stereocenters. The van der Waals surface area contributed by atoms with E-state index in [2.05, 4.69) is 30.7 Å². The predicted molar refractivity (Wildman–Crippen MR) is 125 cm³/mol. The number of pyridine rings is 1. The molecule has 0 spiro atoms. The minimum atomic E-state index is 0.394. The second-order valence-corrected chi connectivity index (χ2v) is 10.3. The SMILES string of the molecule is c1cncc(-c2nc(N3CCCC(c4nncn4C4CC4)C3)c3c4c(sc3n2)CCC4)c1. The largest absolute Gasteiger partial charge is 0.355 e. The van der Waals surface area contributed by atoms with Crippen LogP contribution in [0.2, 0.25) is 0 Å². The second-order valence-electron chi connectivity index (χ2n) is 9.26. The molecule has 7 rings (SSSR count). The average Bonchev–Trinajstić information content (AvgIpc) is 3.23. The number of aromatic nitrogens is 6. The molecule has 32 heavy (non-hydrogen) atoms. The van der Waals surface area contributed by atoms with E-state index in [1.165, 1.54) is 41.5 Å². The molecule has 2 fully saturated rings. The van der Waals surface area contributed by atoms with E-state index < -0.39 is 0 Å². The molecule has 0 N–H and O–H groups in total. The zero-order valence-corrected chi connectivity index (χ0v) is 18.8. The van der Waals surface area contributed by atoms with Gasteiger partial charge < -0.3 is 9.47 Å². The Morgan fingerprint density at radius 1 is 1.06 bits per heavy atom. The van der Waals surface area contributed by atoms with Crippen molar-refractivity contribution in [2.75, 3.05) is 18.0 Å². The van der Waals surface area contributed by atoms with Crippen LogP contribution in [0.3, 0.4) is 0 Å². The Morgan fingerprint density at radius 3 is 2.91 bits per heavy atom. The van der Waals surface area contributed by atoms with Crippen LogP contribution in [0.1, 0.15) is 60.3 Å². The lowest BCUT2D eigenvalue weighted by molar-refractivity contribution is 0.470. The summed E-state index contributed by atoms with van der Waals surface area (Å²) in [6.07, 6.45) is 14.0. The van der Waals surface area contributed by atoms with Crippen LogP contribution in [0.15, 0.2) is 30.9 Å². The lowest BCUT2D eigenvalue weighted by atomic mass is 9.96. The van der Waals surface area contributed by atoms with Crippen molar-refractivity contribution in [1.82, 2.24) is 29.7 Å². The van der Waals surface area contributed by atoms with Gasteiger partial charge in [0.25, 0.3) is 0 Å². The first-order chi connectivity index (χ1) is 15.8. The molecule has 0 aromatic carbocycles. The van der Waals surface area contributed by atoms with Gasteiger partial charge in [0.2, 0.25) is 0 Å². The van der Waals surface area contributed by atoms with E-state index in [4.69, 9.17) is 9.97 Å². The lowest BCUT2D eigenvalue weighted by Gasteiger charge is -2.34. The number of rotatable bonds is 4. The molecule has 162 valence electrons. The summed E-state index contributed by atoms with van der Waals surface area (Å²) in [5.74, 6) is 3.44. The van der Waals surface area contributed by atoms with Crippen LogP contribution >= 0.6 is 11.3 Å². The third-order valence-electron chi connectivity index (χ3n) is 7.09. The molecule has 2 aliphatic carbocycles. The molecular formula is C24H25N7S. The number of anilines is 1. The number of aryl methyl sites for hydroxylation is 2. The number of piperidine rings is 1. The highest BCUT2D eigenvalue weighted by Gasteiger charge is 2.33. The Kier molecular flexibility index (Phi) is 4.28. The van der Waals surface area contributed by atoms with Gasteiger partial charge in [-0.3, -0.25) is 4.98 Å². The van der Waals surface area contributed by atoms with Gasteiger partial charge in [0.15, 0.2) is 5.82 Å². The molecule has 8 heteroatoms. The van der Waals surface area contributed by atoms with Crippen molar-refractivity contribution in [2.24, 2.45) is 0 Å². The highest BCUT2D eigenvalue weighted by atomic mass is 32.1. The van der Waals surface area contributed by atoms with Crippen LogP contribution in [-0.2, 0) is 12.8 Å². The van der Waals surface area contributed by atoms with E-state index in [0.29, 0.717) is 12.0 Å². The molecule has 1 saturated carbocycles. The van der Waals surface area contributed by atoms with Gasteiger partial charge in [-0.1, -0.05) is 0 Å². The summed E-state index contributed by atoms with van der Waals surface area (Å²) < 4.78 is 2.33. The van der Waals surface area contributed by atoms with Crippen molar-refractivity contribution in [3.05, 3.63) is 47.1 Å². The maximum absolute atomic E-state index is 5.17. The number of nitrogens with zero attached hydrogens (tertiary/aromatic N) is 7. The maximum Gasteiger partial charge on any atom is 0.164 e. The van der Waals surface area contributed by atoms with Crippen LogP contribution in [-0.4, -0.2) is 42.8 Å². The fraction of sp³-hybridized carbons (Fsp3) is 0.458. The van der Waals surface area contributed by atoms with Gasteiger partial charge >= 0.3 is 0 Å². The topological polar surface area (TPSA) is 72.6 Å². The molecule has 5 heterocycles. The third-order valence-corrected chi connectivity index (χ3v) is 8.28. The molecule has 3 aliphatic rings. The van der Waals surface area contributed by atoms with Crippen molar-refractivity contribution in [1.29, 1.82) is 0 Å². The number of hydrogen-bond donors (Lipinski definition) is 0. The van der Waals surface area contributed by atoms with E-state index in [1.54, 1.807) is 6.20 Å². The van der Waals surface area contributed by atoms with E-state index in [1.807, 2.05) is 29.9 Å². The summed E-state index contributed by atoms with van der Waals surface area (Å²) in [6, 6.07) is 4.62. The van der Waals surface area contributed by atoms with Gasteiger partial charge in [-0.05, 0) is 62.6 Å². The highest BCUT2D eigenvalue weighted by Crippen LogP contribution is 2.43. The summed E-state index contributed by atoms with van der Waals surface area (Å²) >= 11 is 1.86. The molecule has 7 nitrogen and oxygen atoms in total. The summed E-state index contributed by atoms with van der Waals surface area (Å²) in [5.41, 5.74) is 2.47. The van der Waals surface area contributed by atoms with Crippen LogP contribution in [0, 0.1) is 0 Å². The number of hydrogen-bond acceptors (Lipinski definition) is 7. The van der Waals surface area contributed by atoms with Crippen molar-refractivity contribution in [3.63, 3.8) is 0 Å². The summed E-state index contributed by atoms with van der Waals surface area (Å²) in [7, 11) is 0. The monoisotopic (exact) mass is 443 g/mol. The van der Waals surface area contributed by atoms with Gasteiger partial charge in [-0.2, -0.15) is 0 Å². The Labute approximate surface area is 190 Å². The van der Waals surface area contributed by atoms with Crippen LogP contribution in [0.4, 0.5) is 5.82 Å². The maximum atomic E-state index is 5.17. The number of fused-ring (bicyclic) bond motifs is 3. The minimum absolute atomic E-state index is 0.394. The molecule has 1 unspecified atom stereocenters. The van der Waals surface area contributed by atoms with Gasteiger partial charge in [0.1, 0.15) is 22.8 Å². The van der Waals surface area contributed by atoms with Crippen LogP contribution < -0.4 is 4.90 Å². The van der Waals surface area contributed by atoms with Crippen molar-refractivity contribution < 1.29 is 0 Å². The van der Waals surface area contributed by atoms with Gasteiger partial charge in [0.05, 0.1) is 5.39 Å². The molecule has 0 amide bonds. The summed E-state index contributed by atoms with van der Waals surface area (Å²) in [4.78, 5) is 19.6. The Balaban J connectivity index is 1.33. The first-order valence-corrected chi connectivity index (χ1v) is 12.5. The van der Waals surface area contributed by atoms with Crippen LogP contribution in [0.25, 0.3) is 21.6 Å². The lowest BCUT2D eigenvalue weighted by Crippen LogP contribution is -2.36. The van der Waals surface area contributed by atoms with E-state index >= 15 is 0 Å². The van der Waals surface area contributed by atoms with Crippen molar-refractivity contribution in [3.8, 4) is 11.4 Å². The quantitative estimate of drug-likeness (QED) is 0.461. The molecule has 0 radical (unpaired) electrons. The van der Waals surface area contributed by atoms with Crippen LogP contribution in [0.5, 0.6) is 0 Å². The normalized spacial score (nSPS) is 20.8. The fourth-order valence-electron chi connectivity index (χ4n) is 5.39. The molecule has 4 aromatic heterocycles. The Bertz CT molecular complexity index is 1290. The predicted octanol–water partition coefficient (Wildman–Crippen LogP) is 4.55. The molecule has 4 aromatic rings. The standard InChI is InChI=1S/C24H25N7S/c1-6-18-19(7-1)32-24-20(18)23(27-21(28-24)15-4-2-10-25-12-15)30-11-3-5-16(13-30)22-29-26-14-31(22)17-8-9-17/h2,4,10,12,14,16-17H,1,3,5-9,11,13H2. The molecular weight excluding hydrogens is 418 g/mol. The van der Waals surface area contributed by atoms with Crippen molar-refractivity contribution >= 4 is 27.4 Å². The minimum Gasteiger partial charge on any atom is -0.355 e. The third kappa shape index (κ3) is 3.03. The fourth-order valence-corrected chi connectivity index (χ4v) is 6.64. The highest BCUT2D eigenvalue weighted by molar-refractivity contribution is 7.19. The zero-order valence-electron chi connectivity index (χ0n) is 17.9. The average molecular weight is 444 g/mol. The van der Waals surface area contributed by atoms with E-state index in [0.717, 1.165) is 60.2 Å². The molecule has 1 saturated heterocycles. The second kappa shape index (κ2) is 7.33. The first kappa shape index (κ1) is 18.7. The Hall–Kier alpha value is -2.87. The van der Waals surface area contributed by atoms with E-state index in [-0.39, 0.29) is 0 Å². The Morgan fingerprint density at radius 2 is 2.03 bits per heavy atom.